The summed E-state index contributed by atoms with van der Waals surface area (Å²) in [5.74, 6) is 0.273. The average molecular weight is 360 g/mol. The highest BCUT2D eigenvalue weighted by Crippen LogP contribution is 2.22. The Bertz CT molecular complexity index is 879. The Labute approximate surface area is 147 Å². The number of rotatable bonds is 7. The van der Waals surface area contributed by atoms with Gasteiger partial charge in [0, 0.05) is 21.7 Å². The summed E-state index contributed by atoms with van der Waals surface area (Å²) in [5, 5.41) is 7.59. The SMILES string of the molecule is Cc1cc(C(=O)CCC(=O)OCc2nnc(-c3ccco3)o2)c(C)s1. The van der Waals surface area contributed by atoms with Gasteiger partial charge in [-0.25, -0.2) is 0 Å². The van der Waals surface area contributed by atoms with E-state index in [2.05, 4.69) is 10.2 Å². The number of aromatic nitrogens is 2. The monoisotopic (exact) mass is 360 g/mol. The number of hydrogen-bond donors (Lipinski definition) is 0. The fourth-order valence-electron chi connectivity index (χ4n) is 2.28. The Balaban J connectivity index is 1.47. The Kier molecular flexibility index (Phi) is 5.08. The van der Waals surface area contributed by atoms with Gasteiger partial charge in [-0.15, -0.1) is 21.5 Å². The molecule has 8 heteroatoms. The van der Waals surface area contributed by atoms with Crippen molar-refractivity contribution in [1.82, 2.24) is 10.2 Å². The van der Waals surface area contributed by atoms with E-state index < -0.39 is 5.97 Å². The van der Waals surface area contributed by atoms with Crippen LogP contribution in [0.25, 0.3) is 11.7 Å². The molecule has 0 aromatic carbocycles. The summed E-state index contributed by atoms with van der Waals surface area (Å²) < 4.78 is 15.5. The zero-order valence-corrected chi connectivity index (χ0v) is 14.6. The number of ketones is 1. The minimum atomic E-state index is -0.490. The van der Waals surface area contributed by atoms with E-state index in [1.165, 1.54) is 6.26 Å². The lowest BCUT2D eigenvalue weighted by molar-refractivity contribution is -0.145. The van der Waals surface area contributed by atoms with Gasteiger partial charge >= 0.3 is 5.97 Å². The predicted octanol–water partition coefficient (Wildman–Crippen LogP) is 3.71. The molecule has 3 aromatic heterocycles. The van der Waals surface area contributed by atoms with E-state index in [4.69, 9.17) is 13.6 Å². The van der Waals surface area contributed by atoms with E-state index in [-0.39, 0.29) is 37.0 Å². The first-order valence-electron chi connectivity index (χ1n) is 7.65. The van der Waals surface area contributed by atoms with Gasteiger partial charge in [-0.1, -0.05) is 0 Å². The van der Waals surface area contributed by atoms with E-state index in [9.17, 15) is 9.59 Å². The quantitative estimate of drug-likeness (QED) is 0.468. The third-order valence-corrected chi connectivity index (χ3v) is 4.42. The number of esters is 1. The third-order valence-electron chi connectivity index (χ3n) is 3.45. The molecule has 0 N–H and O–H groups in total. The summed E-state index contributed by atoms with van der Waals surface area (Å²) in [5.41, 5.74) is 0.676. The second-order valence-corrected chi connectivity index (χ2v) is 6.85. The molecule has 0 aliphatic rings. The summed E-state index contributed by atoms with van der Waals surface area (Å²) in [7, 11) is 0. The lowest BCUT2D eigenvalue weighted by Gasteiger charge is -2.02. The molecule has 25 heavy (non-hydrogen) atoms. The maximum absolute atomic E-state index is 12.1. The van der Waals surface area contributed by atoms with Gasteiger partial charge in [0.2, 0.25) is 0 Å². The number of thiophene rings is 1. The van der Waals surface area contributed by atoms with Gasteiger partial charge < -0.3 is 13.6 Å². The molecule has 3 rings (SSSR count). The first-order chi connectivity index (χ1) is 12.0. The zero-order valence-electron chi connectivity index (χ0n) is 13.8. The molecule has 0 bridgehead atoms. The maximum Gasteiger partial charge on any atom is 0.306 e. The third kappa shape index (κ3) is 4.21. The van der Waals surface area contributed by atoms with Crippen molar-refractivity contribution in [1.29, 1.82) is 0 Å². The second-order valence-electron chi connectivity index (χ2n) is 5.39. The number of ether oxygens (including phenoxy) is 1. The zero-order chi connectivity index (χ0) is 17.8. The standard InChI is InChI=1S/C17H16N2O5S/c1-10-8-12(11(2)25-10)13(20)5-6-16(21)23-9-15-18-19-17(24-15)14-4-3-7-22-14/h3-4,7-8H,5-6,9H2,1-2H3. The van der Waals surface area contributed by atoms with Crippen LogP contribution in [0.2, 0.25) is 0 Å². The number of furan rings is 1. The van der Waals surface area contributed by atoms with Gasteiger partial charge in [0.05, 0.1) is 12.7 Å². The van der Waals surface area contributed by atoms with Crippen LogP contribution in [0, 0.1) is 13.8 Å². The summed E-state index contributed by atoms with van der Waals surface area (Å²) in [6.07, 6.45) is 1.61. The number of carbonyl (C=O) groups excluding carboxylic acids is 2. The van der Waals surface area contributed by atoms with Crippen molar-refractivity contribution in [3.05, 3.63) is 45.7 Å². The van der Waals surface area contributed by atoms with Crippen LogP contribution in [0.1, 0.15) is 38.8 Å². The highest BCUT2D eigenvalue weighted by molar-refractivity contribution is 7.12. The van der Waals surface area contributed by atoms with Crippen LogP contribution in [0.15, 0.2) is 33.3 Å². The van der Waals surface area contributed by atoms with Crippen molar-refractivity contribution in [3.63, 3.8) is 0 Å². The molecule has 130 valence electrons. The fourth-order valence-corrected chi connectivity index (χ4v) is 3.23. The second kappa shape index (κ2) is 7.43. The Morgan fingerprint density at radius 2 is 2.08 bits per heavy atom. The topological polar surface area (TPSA) is 95.4 Å². The van der Waals surface area contributed by atoms with Gasteiger partial charge in [-0.2, -0.15) is 0 Å². The largest absolute Gasteiger partial charge is 0.459 e. The smallest absolute Gasteiger partial charge is 0.306 e. The average Bonchev–Trinajstić information content (AvgIpc) is 3.31. The molecule has 0 unspecified atom stereocenters. The van der Waals surface area contributed by atoms with Gasteiger partial charge in [-0.3, -0.25) is 9.59 Å². The number of aryl methyl sites for hydroxylation is 2. The molecule has 0 aliphatic heterocycles. The highest BCUT2D eigenvalue weighted by atomic mass is 32.1. The van der Waals surface area contributed by atoms with Crippen LogP contribution in [0.4, 0.5) is 0 Å². The Morgan fingerprint density at radius 1 is 1.24 bits per heavy atom. The number of nitrogens with zero attached hydrogens (tertiary/aromatic N) is 2. The lowest BCUT2D eigenvalue weighted by Crippen LogP contribution is -2.08. The summed E-state index contributed by atoms with van der Waals surface area (Å²) >= 11 is 1.57. The molecule has 3 aromatic rings. The van der Waals surface area contributed by atoms with Gasteiger partial charge in [0.1, 0.15) is 0 Å². The molecule has 0 aliphatic carbocycles. The van der Waals surface area contributed by atoms with Crippen LogP contribution in [0.3, 0.4) is 0 Å². The van der Waals surface area contributed by atoms with Crippen molar-refractivity contribution in [2.45, 2.75) is 33.3 Å². The van der Waals surface area contributed by atoms with Crippen molar-refractivity contribution in [3.8, 4) is 11.7 Å². The summed E-state index contributed by atoms with van der Waals surface area (Å²) in [6.45, 7) is 3.71. The molecular formula is C17H16N2O5S. The van der Waals surface area contributed by atoms with Crippen molar-refractivity contribution < 1.29 is 23.2 Å². The molecule has 0 fully saturated rings. The van der Waals surface area contributed by atoms with E-state index in [0.717, 1.165) is 9.75 Å². The van der Waals surface area contributed by atoms with E-state index in [1.807, 2.05) is 19.9 Å². The Morgan fingerprint density at radius 3 is 2.76 bits per heavy atom. The van der Waals surface area contributed by atoms with Crippen LogP contribution >= 0.6 is 11.3 Å². The van der Waals surface area contributed by atoms with E-state index >= 15 is 0 Å². The molecule has 0 saturated carbocycles. The van der Waals surface area contributed by atoms with Gasteiger partial charge in [0.25, 0.3) is 11.8 Å². The lowest BCUT2D eigenvalue weighted by atomic mass is 10.1. The summed E-state index contributed by atoms with van der Waals surface area (Å²) in [6, 6.07) is 5.23. The van der Waals surface area contributed by atoms with E-state index in [0.29, 0.717) is 11.3 Å². The number of carbonyl (C=O) groups is 2. The number of Topliss-reactive ketones (excluding diaryl/α,β-unsaturated/α-hetero) is 1. The van der Waals surface area contributed by atoms with Gasteiger partial charge in [0.15, 0.2) is 18.2 Å². The predicted molar refractivity (Wildman–Crippen MR) is 89.2 cm³/mol. The Hall–Kier alpha value is -2.74. The summed E-state index contributed by atoms with van der Waals surface area (Å²) in [4.78, 5) is 26.0. The normalized spacial score (nSPS) is 10.8. The molecule has 7 nitrogen and oxygen atoms in total. The van der Waals surface area contributed by atoms with E-state index in [1.54, 1.807) is 23.5 Å². The van der Waals surface area contributed by atoms with Crippen molar-refractivity contribution in [2.24, 2.45) is 0 Å². The van der Waals surface area contributed by atoms with Crippen LogP contribution < -0.4 is 0 Å². The van der Waals surface area contributed by atoms with Crippen LogP contribution in [-0.4, -0.2) is 21.9 Å². The molecule has 0 spiro atoms. The van der Waals surface area contributed by atoms with Crippen molar-refractivity contribution >= 4 is 23.1 Å². The minimum absolute atomic E-state index is 0.00630. The molecule has 0 radical (unpaired) electrons. The molecular weight excluding hydrogens is 344 g/mol. The minimum Gasteiger partial charge on any atom is -0.459 e. The molecule has 0 amide bonds. The van der Waals surface area contributed by atoms with Crippen molar-refractivity contribution in [2.75, 3.05) is 0 Å². The molecule has 0 atom stereocenters. The van der Waals surface area contributed by atoms with Crippen LogP contribution in [0.5, 0.6) is 0 Å². The maximum atomic E-state index is 12.1. The molecule has 3 heterocycles. The fraction of sp³-hybridized carbons (Fsp3) is 0.294. The first kappa shape index (κ1) is 17.1. The van der Waals surface area contributed by atoms with Gasteiger partial charge in [-0.05, 0) is 32.0 Å². The highest BCUT2D eigenvalue weighted by Gasteiger charge is 2.16. The number of hydrogen-bond acceptors (Lipinski definition) is 8. The van der Waals surface area contributed by atoms with Crippen LogP contribution in [-0.2, 0) is 16.1 Å². The molecule has 0 saturated heterocycles. The first-order valence-corrected chi connectivity index (χ1v) is 8.46.